The van der Waals surface area contributed by atoms with Crippen molar-refractivity contribution < 1.29 is 13.2 Å². The van der Waals surface area contributed by atoms with Gasteiger partial charge in [-0.3, -0.25) is 9.10 Å². The summed E-state index contributed by atoms with van der Waals surface area (Å²) in [6.45, 7) is 4.13. The molecule has 0 unspecified atom stereocenters. The molecule has 3 rings (SSSR count). The van der Waals surface area contributed by atoms with Crippen LogP contribution in [0.4, 0.5) is 5.69 Å². The van der Waals surface area contributed by atoms with Crippen molar-refractivity contribution in [2.24, 2.45) is 0 Å². The fraction of sp³-hybridized carbons (Fsp3) is 0.240. The molecule has 0 spiro atoms. The summed E-state index contributed by atoms with van der Waals surface area (Å²) in [6.07, 6.45) is 0. The minimum absolute atomic E-state index is 0.0778. The molecule has 8 heteroatoms. The van der Waals surface area contributed by atoms with Crippen molar-refractivity contribution in [2.75, 3.05) is 23.1 Å². The Kier molecular flexibility index (Phi) is 8.83. The topological polar surface area (TPSA) is 66.5 Å². The molecule has 0 saturated heterocycles. The van der Waals surface area contributed by atoms with Crippen LogP contribution in [0.15, 0.2) is 77.7 Å². The summed E-state index contributed by atoms with van der Waals surface area (Å²) >= 11 is 7.63. The highest BCUT2D eigenvalue weighted by molar-refractivity contribution is 7.98. The number of anilines is 1. The summed E-state index contributed by atoms with van der Waals surface area (Å²) in [5.41, 5.74) is 3.89. The second-order valence-electron chi connectivity index (χ2n) is 7.69. The Balaban J connectivity index is 1.64. The number of carbonyl (C=O) groups is 1. The largest absolute Gasteiger partial charge is 0.354 e. The third kappa shape index (κ3) is 7.25. The fourth-order valence-electron chi connectivity index (χ4n) is 3.20. The Morgan fingerprint density at radius 3 is 2.33 bits per heavy atom. The van der Waals surface area contributed by atoms with E-state index in [0.717, 1.165) is 21.4 Å². The summed E-state index contributed by atoms with van der Waals surface area (Å²) in [5, 5.41) is 3.28. The maximum atomic E-state index is 13.3. The van der Waals surface area contributed by atoms with Crippen molar-refractivity contribution in [3.05, 3.63) is 94.5 Å². The molecule has 0 atom stereocenters. The van der Waals surface area contributed by atoms with Gasteiger partial charge in [0.05, 0.1) is 10.6 Å². The van der Waals surface area contributed by atoms with E-state index in [9.17, 15) is 13.2 Å². The van der Waals surface area contributed by atoms with E-state index >= 15 is 0 Å². The highest BCUT2D eigenvalue weighted by Crippen LogP contribution is 2.25. The van der Waals surface area contributed by atoms with E-state index < -0.39 is 10.0 Å². The van der Waals surface area contributed by atoms with E-state index in [0.29, 0.717) is 17.3 Å². The van der Waals surface area contributed by atoms with Crippen LogP contribution in [0.1, 0.15) is 16.7 Å². The molecule has 1 amide bonds. The molecular weight excluding hydrogens is 476 g/mol. The summed E-state index contributed by atoms with van der Waals surface area (Å²) in [5.74, 6) is 1.23. The van der Waals surface area contributed by atoms with Crippen LogP contribution in [-0.4, -0.2) is 33.2 Å². The predicted molar refractivity (Wildman–Crippen MR) is 138 cm³/mol. The molecular formula is C25H27ClN2O3S2. The first-order valence-electron chi connectivity index (χ1n) is 10.5. The number of amides is 1. The zero-order valence-electron chi connectivity index (χ0n) is 18.6. The van der Waals surface area contributed by atoms with E-state index in [-0.39, 0.29) is 17.3 Å². The number of hydrogen-bond donors (Lipinski definition) is 1. The van der Waals surface area contributed by atoms with Crippen molar-refractivity contribution in [3.63, 3.8) is 0 Å². The average molecular weight is 503 g/mol. The van der Waals surface area contributed by atoms with Gasteiger partial charge < -0.3 is 5.32 Å². The summed E-state index contributed by atoms with van der Waals surface area (Å²) in [4.78, 5) is 12.7. The lowest BCUT2D eigenvalue weighted by Gasteiger charge is -2.24. The van der Waals surface area contributed by atoms with Crippen LogP contribution in [0.5, 0.6) is 0 Å². The molecule has 0 radical (unpaired) electrons. The Bertz CT molecular complexity index is 1180. The van der Waals surface area contributed by atoms with Gasteiger partial charge in [0, 0.05) is 23.1 Å². The Morgan fingerprint density at radius 2 is 1.67 bits per heavy atom. The number of sulfonamides is 1. The Morgan fingerprint density at radius 1 is 0.970 bits per heavy atom. The van der Waals surface area contributed by atoms with Crippen LogP contribution in [0.25, 0.3) is 0 Å². The van der Waals surface area contributed by atoms with E-state index in [1.54, 1.807) is 23.9 Å². The second kappa shape index (κ2) is 11.6. The average Bonchev–Trinajstić information content (AvgIpc) is 2.78. The number of nitrogens with zero attached hydrogens (tertiary/aromatic N) is 1. The maximum absolute atomic E-state index is 13.3. The first-order chi connectivity index (χ1) is 15.8. The van der Waals surface area contributed by atoms with Gasteiger partial charge in [-0.1, -0.05) is 59.1 Å². The molecule has 0 fully saturated rings. The van der Waals surface area contributed by atoms with Gasteiger partial charge in [-0.25, -0.2) is 8.42 Å². The number of halogens is 1. The molecule has 0 aliphatic rings. The van der Waals surface area contributed by atoms with Gasteiger partial charge in [0.2, 0.25) is 5.91 Å². The smallest absolute Gasteiger partial charge is 0.264 e. The van der Waals surface area contributed by atoms with Gasteiger partial charge in [0.1, 0.15) is 6.54 Å². The zero-order chi connectivity index (χ0) is 23.8. The standard InChI is InChI=1S/C25H27ClN2O3S2/c1-19-6-10-23(11-7-19)28(33(30,31)24-12-8-22(26)9-13-24)17-25(29)27-14-15-32-18-21-5-3-4-20(2)16-21/h3-13,16H,14-15,17-18H2,1-2H3,(H,27,29). The highest BCUT2D eigenvalue weighted by atomic mass is 35.5. The third-order valence-electron chi connectivity index (χ3n) is 4.93. The van der Waals surface area contributed by atoms with Crippen LogP contribution in [0.3, 0.4) is 0 Å². The van der Waals surface area contributed by atoms with Gasteiger partial charge >= 0.3 is 0 Å². The van der Waals surface area contributed by atoms with Crippen LogP contribution in [-0.2, 0) is 20.6 Å². The quantitative estimate of drug-likeness (QED) is 0.387. The first-order valence-corrected chi connectivity index (χ1v) is 13.5. The minimum Gasteiger partial charge on any atom is -0.354 e. The number of nitrogens with one attached hydrogen (secondary N) is 1. The van der Waals surface area contributed by atoms with Gasteiger partial charge in [0.15, 0.2) is 0 Å². The van der Waals surface area contributed by atoms with E-state index in [4.69, 9.17) is 11.6 Å². The molecule has 33 heavy (non-hydrogen) atoms. The van der Waals surface area contributed by atoms with E-state index in [1.165, 1.54) is 35.4 Å². The SMILES string of the molecule is Cc1ccc(N(CC(=O)NCCSCc2cccc(C)c2)S(=O)(=O)c2ccc(Cl)cc2)cc1. The lowest BCUT2D eigenvalue weighted by molar-refractivity contribution is -0.119. The third-order valence-corrected chi connectivity index (χ3v) is 8.00. The van der Waals surface area contributed by atoms with Crippen LogP contribution >= 0.6 is 23.4 Å². The summed E-state index contributed by atoms with van der Waals surface area (Å²) < 4.78 is 27.8. The monoisotopic (exact) mass is 502 g/mol. The van der Waals surface area contributed by atoms with Gasteiger partial charge in [-0.05, 0) is 55.8 Å². The van der Waals surface area contributed by atoms with E-state index in [1.807, 2.05) is 25.1 Å². The predicted octanol–water partition coefficient (Wildman–Crippen LogP) is 5.20. The highest BCUT2D eigenvalue weighted by Gasteiger charge is 2.27. The Hall–Kier alpha value is -2.48. The fourth-order valence-corrected chi connectivity index (χ4v) is 5.55. The molecule has 0 bridgehead atoms. The molecule has 0 aliphatic heterocycles. The number of rotatable bonds is 10. The molecule has 1 N–H and O–H groups in total. The lowest BCUT2D eigenvalue weighted by atomic mass is 10.2. The van der Waals surface area contributed by atoms with Crippen molar-refractivity contribution in [1.82, 2.24) is 5.32 Å². The van der Waals surface area contributed by atoms with Crippen molar-refractivity contribution in [3.8, 4) is 0 Å². The van der Waals surface area contributed by atoms with Gasteiger partial charge in [-0.2, -0.15) is 11.8 Å². The first kappa shape index (κ1) is 25.1. The van der Waals surface area contributed by atoms with Crippen LogP contribution in [0, 0.1) is 13.8 Å². The molecule has 0 aliphatic carbocycles. The van der Waals surface area contributed by atoms with Crippen molar-refractivity contribution in [2.45, 2.75) is 24.5 Å². The van der Waals surface area contributed by atoms with Crippen molar-refractivity contribution in [1.29, 1.82) is 0 Å². The zero-order valence-corrected chi connectivity index (χ0v) is 21.0. The molecule has 5 nitrogen and oxygen atoms in total. The minimum atomic E-state index is -3.95. The Labute approximate surface area is 205 Å². The van der Waals surface area contributed by atoms with Crippen LogP contribution in [0.2, 0.25) is 5.02 Å². The molecule has 0 heterocycles. The second-order valence-corrected chi connectivity index (χ2v) is 11.1. The number of carbonyl (C=O) groups excluding carboxylic acids is 1. The van der Waals surface area contributed by atoms with Crippen LogP contribution < -0.4 is 9.62 Å². The molecule has 174 valence electrons. The summed E-state index contributed by atoms with van der Waals surface area (Å²) in [6, 6.07) is 21.3. The molecule has 3 aromatic rings. The number of aryl methyl sites for hydroxylation is 2. The summed E-state index contributed by atoms with van der Waals surface area (Å²) in [7, 11) is -3.95. The molecule has 0 saturated carbocycles. The van der Waals surface area contributed by atoms with Crippen molar-refractivity contribution >= 4 is 45.0 Å². The normalized spacial score (nSPS) is 11.2. The molecule has 0 aromatic heterocycles. The number of benzene rings is 3. The number of hydrogen-bond acceptors (Lipinski definition) is 4. The lowest BCUT2D eigenvalue weighted by Crippen LogP contribution is -2.41. The maximum Gasteiger partial charge on any atom is 0.264 e. The molecule has 3 aromatic carbocycles. The van der Waals surface area contributed by atoms with Gasteiger partial charge in [-0.15, -0.1) is 0 Å². The van der Waals surface area contributed by atoms with Gasteiger partial charge in [0.25, 0.3) is 10.0 Å². The van der Waals surface area contributed by atoms with E-state index in [2.05, 4.69) is 30.4 Å². The number of thioether (sulfide) groups is 1.